The number of benzene rings is 1. The van der Waals surface area contributed by atoms with E-state index in [0.29, 0.717) is 25.8 Å². The zero-order chi connectivity index (χ0) is 24.8. The topological polar surface area (TPSA) is 98.2 Å². The van der Waals surface area contributed by atoms with Crippen molar-refractivity contribution in [3.63, 3.8) is 0 Å². The van der Waals surface area contributed by atoms with E-state index in [1.54, 1.807) is 15.9 Å². The van der Waals surface area contributed by atoms with E-state index in [1.807, 2.05) is 51.1 Å². The van der Waals surface area contributed by atoms with Crippen LogP contribution in [0.1, 0.15) is 39.2 Å². The molecule has 1 aromatic rings. The normalized spacial score (nSPS) is 32.7. The Bertz CT molecular complexity index is 985. The number of rotatable bonds is 9. The number of hydrogen-bond donors (Lipinski definition) is 2. The van der Waals surface area contributed by atoms with E-state index in [4.69, 9.17) is 0 Å². The first-order valence-electron chi connectivity index (χ1n) is 11.9. The Kier molecular flexibility index (Phi) is 6.59. The minimum absolute atomic E-state index is 0.117. The first-order chi connectivity index (χ1) is 16.1. The minimum Gasteiger partial charge on any atom is -0.481 e. The summed E-state index contributed by atoms with van der Waals surface area (Å²) in [4.78, 5) is 43.8. The molecule has 3 saturated heterocycles. The molecule has 3 fully saturated rings. The molecular weight excluding hydrogens is 452 g/mol. The molecular formula is C26H34N2O5S. The smallest absolute Gasteiger partial charge is 0.308 e. The van der Waals surface area contributed by atoms with E-state index in [1.165, 1.54) is 11.8 Å². The molecule has 1 spiro atoms. The lowest BCUT2D eigenvalue weighted by Gasteiger charge is -2.40. The molecule has 0 radical (unpaired) electrons. The Balaban J connectivity index is 1.82. The van der Waals surface area contributed by atoms with Crippen LogP contribution in [0.3, 0.4) is 0 Å². The summed E-state index contributed by atoms with van der Waals surface area (Å²) in [7, 11) is 0. The zero-order valence-corrected chi connectivity index (χ0v) is 20.8. The summed E-state index contributed by atoms with van der Waals surface area (Å²) in [6.07, 6.45) is 3.30. The number of aliphatic carboxylic acids is 1. The molecule has 2 bridgehead atoms. The van der Waals surface area contributed by atoms with E-state index >= 15 is 0 Å². The van der Waals surface area contributed by atoms with Crippen LogP contribution in [0.15, 0.2) is 43.0 Å². The largest absolute Gasteiger partial charge is 0.481 e. The molecule has 3 heterocycles. The average Bonchev–Trinajstić information content (AvgIpc) is 3.36. The minimum atomic E-state index is -0.988. The number of fused-ring (bicyclic) bond motifs is 1. The molecule has 34 heavy (non-hydrogen) atoms. The molecule has 8 heteroatoms. The maximum atomic E-state index is 14.2. The van der Waals surface area contributed by atoms with Crippen LogP contribution >= 0.6 is 11.8 Å². The Morgan fingerprint density at radius 1 is 1.29 bits per heavy atom. The van der Waals surface area contributed by atoms with Crippen molar-refractivity contribution < 1.29 is 24.6 Å². The summed E-state index contributed by atoms with van der Waals surface area (Å²) in [5, 5.41) is 20.6. The van der Waals surface area contributed by atoms with Crippen molar-refractivity contribution in [2.24, 2.45) is 11.8 Å². The second-order valence-electron chi connectivity index (χ2n) is 10.2. The van der Waals surface area contributed by atoms with E-state index in [9.17, 15) is 24.6 Å². The van der Waals surface area contributed by atoms with E-state index < -0.39 is 39.4 Å². The van der Waals surface area contributed by atoms with Crippen LogP contribution in [0, 0.1) is 11.8 Å². The summed E-state index contributed by atoms with van der Waals surface area (Å²) in [5.74, 6) is -3.15. The zero-order valence-electron chi connectivity index (χ0n) is 20.0. The Morgan fingerprint density at radius 2 is 1.97 bits per heavy atom. The van der Waals surface area contributed by atoms with Gasteiger partial charge in [-0.25, -0.2) is 0 Å². The molecule has 3 aliphatic heterocycles. The van der Waals surface area contributed by atoms with Gasteiger partial charge in [0.05, 0.1) is 29.2 Å². The Labute approximate surface area is 205 Å². The van der Waals surface area contributed by atoms with E-state index in [-0.39, 0.29) is 24.5 Å². The van der Waals surface area contributed by atoms with Crippen molar-refractivity contribution in [2.75, 3.05) is 13.2 Å². The molecule has 2 amide bonds. The van der Waals surface area contributed by atoms with Crippen molar-refractivity contribution >= 4 is 29.5 Å². The summed E-state index contributed by atoms with van der Waals surface area (Å²) in [5.41, 5.74) is 0.945. The predicted molar refractivity (Wildman–Crippen MR) is 131 cm³/mol. The van der Waals surface area contributed by atoms with Crippen molar-refractivity contribution in [1.82, 2.24) is 9.80 Å². The lowest BCUT2D eigenvalue weighted by atomic mass is 9.66. The highest BCUT2D eigenvalue weighted by Gasteiger charge is 2.78. The van der Waals surface area contributed by atoms with Gasteiger partial charge in [-0.05, 0) is 45.6 Å². The number of amides is 2. The van der Waals surface area contributed by atoms with Gasteiger partial charge in [0, 0.05) is 17.3 Å². The van der Waals surface area contributed by atoms with Crippen molar-refractivity contribution in [3.8, 4) is 0 Å². The number of likely N-dealkylation sites (tertiary alicyclic amines) is 1. The van der Waals surface area contributed by atoms with Gasteiger partial charge in [0.25, 0.3) is 0 Å². The van der Waals surface area contributed by atoms with E-state index in [0.717, 1.165) is 5.56 Å². The molecule has 7 nitrogen and oxygen atoms in total. The number of carbonyl (C=O) groups is 3. The van der Waals surface area contributed by atoms with Crippen LogP contribution in [0.2, 0.25) is 0 Å². The maximum absolute atomic E-state index is 14.2. The van der Waals surface area contributed by atoms with Gasteiger partial charge in [-0.1, -0.05) is 36.4 Å². The fourth-order valence-corrected chi connectivity index (χ4v) is 8.73. The van der Waals surface area contributed by atoms with Gasteiger partial charge in [0.2, 0.25) is 11.8 Å². The molecule has 3 aliphatic rings. The van der Waals surface area contributed by atoms with Crippen LogP contribution in [-0.2, 0) is 20.8 Å². The second-order valence-corrected chi connectivity index (χ2v) is 12.1. The van der Waals surface area contributed by atoms with Crippen molar-refractivity contribution in [3.05, 3.63) is 48.6 Å². The summed E-state index contributed by atoms with van der Waals surface area (Å²) in [6, 6.07) is 7.99. The Hall–Kier alpha value is -2.32. The number of aliphatic hydroxyl groups is 1. The first-order valence-corrected chi connectivity index (χ1v) is 12.7. The molecule has 0 saturated carbocycles. The van der Waals surface area contributed by atoms with Crippen molar-refractivity contribution in [2.45, 2.75) is 67.7 Å². The monoisotopic (exact) mass is 486 g/mol. The number of carbonyl (C=O) groups excluding carboxylic acids is 2. The predicted octanol–water partition coefficient (Wildman–Crippen LogP) is 2.58. The first kappa shape index (κ1) is 24.8. The molecule has 0 aromatic heterocycles. The fourth-order valence-electron chi connectivity index (χ4n) is 6.40. The third kappa shape index (κ3) is 3.66. The standard InChI is InChI=1S/C26H34N2O5S/c1-5-13-27(16(2)3)23(31)21-26-12-11-25(4,34-26)20(24(32)33)19(26)22(30)28(21)18(15-29)14-17-9-7-6-8-10-17/h5-10,16,18-21,29H,1,11-15H2,2-4H3,(H,32,33)/t18-,19+,20+,21?,25-,26?/m1/s1. The summed E-state index contributed by atoms with van der Waals surface area (Å²) < 4.78 is -1.41. The lowest BCUT2D eigenvalue weighted by molar-refractivity contribution is -0.151. The van der Waals surface area contributed by atoms with Gasteiger partial charge < -0.3 is 20.0 Å². The fraction of sp³-hybridized carbons (Fsp3) is 0.577. The molecule has 1 aromatic carbocycles. The Morgan fingerprint density at radius 3 is 2.53 bits per heavy atom. The van der Waals surface area contributed by atoms with E-state index in [2.05, 4.69) is 6.58 Å². The number of nitrogens with zero attached hydrogens (tertiary/aromatic N) is 2. The molecule has 6 atom stereocenters. The molecule has 184 valence electrons. The van der Waals surface area contributed by atoms with Crippen molar-refractivity contribution in [1.29, 1.82) is 0 Å². The molecule has 2 unspecified atom stereocenters. The summed E-state index contributed by atoms with van der Waals surface area (Å²) in [6.45, 7) is 9.58. The maximum Gasteiger partial charge on any atom is 0.308 e. The quantitative estimate of drug-likeness (QED) is 0.521. The number of aliphatic hydroxyl groups excluding tert-OH is 1. The highest BCUT2D eigenvalue weighted by Crippen LogP contribution is 2.71. The average molecular weight is 487 g/mol. The SMILES string of the molecule is C=CCN(C(=O)C1N([C@@H](CO)Cc2ccccc2)C(=O)[C@@H]2[C@@H](C(=O)O)[C@@]3(C)CCC12S3)C(C)C. The van der Waals surface area contributed by atoms with Crippen LogP contribution in [-0.4, -0.2) is 78.6 Å². The lowest BCUT2D eigenvalue weighted by Crippen LogP contribution is -2.58. The number of carboxylic acids is 1. The second kappa shape index (κ2) is 9.04. The van der Waals surface area contributed by atoms with Gasteiger partial charge >= 0.3 is 5.97 Å². The van der Waals surface area contributed by atoms with Crippen LogP contribution < -0.4 is 0 Å². The molecule has 4 rings (SSSR count). The van der Waals surface area contributed by atoms with Gasteiger partial charge in [0.1, 0.15) is 6.04 Å². The number of thioether (sulfide) groups is 1. The van der Waals surface area contributed by atoms with Gasteiger partial charge in [-0.15, -0.1) is 18.3 Å². The van der Waals surface area contributed by atoms with Crippen LogP contribution in [0.4, 0.5) is 0 Å². The third-order valence-electron chi connectivity index (χ3n) is 7.87. The number of hydrogen-bond acceptors (Lipinski definition) is 5. The molecule has 0 aliphatic carbocycles. The van der Waals surface area contributed by atoms with Crippen LogP contribution in [0.5, 0.6) is 0 Å². The van der Waals surface area contributed by atoms with Gasteiger partial charge in [-0.2, -0.15) is 0 Å². The number of carboxylic acid groups (broad SMARTS) is 1. The van der Waals surface area contributed by atoms with Gasteiger partial charge in [0.15, 0.2) is 0 Å². The highest BCUT2D eigenvalue weighted by atomic mass is 32.2. The van der Waals surface area contributed by atoms with Crippen LogP contribution in [0.25, 0.3) is 0 Å². The third-order valence-corrected chi connectivity index (χ3v) is 9.85. The molecule has 2 N–H and O–H groups in total. The highest BCUT2D eigenvalue weighted by molar-refractivity contribution is 8.02. The summed E-state index contributed by atoms with van der Waals surface area (Å²) >= 11 is 1.52. The van der Waals surface area contributed by atoms with Gasteiger partial charge in [-0.3, -0.25) is 14.4 Å².